The molecular formula is C16H24O. The van der Waals surface area contributed by atoms with Gasteiger partial charge in [0.25, 0.3) is 0 Å². The first-order valence-electron chi connectivity index (χ1n) is 6.74. The number of carbonyl (C=O) groups is 1. The number of carbonyl (C=O) groups excluding carboxylic acids is 1. The van der Waals surface area contributed by atoms with Crippen LogP contribution in [0.1, 0.15) is 53.4 Å². The van der Waals surface area contributed by atoms with Crippen molar-refractivity contribution in [1.29, 1.82) is 0 Å². The van der Waals surface area contributed by atoms with Gasteiger partial charge in [-0.1, -0.05) is 38.5 Å². The van der Waals surface area contributed by atoms with E-state index in [1.54, 1.807) is 0 Å². The van der Waals surface area contributed by atoms with Gasteiger partial charge in [0.2, 0.25) is 0 Å². The van der Waals surface area contributed by atoms with E-state index >= 15 is 0 Å². The normalized spacial score (nSPS) is 36.4. The van der Waals surface area contributed by atoms with Crippen molar-refractivity contribution in [2.24, 2.45) is 16.7 Å². The zero-order chi connectivity index (χ0) is 12.7. The molecule has 1 nitrogen and oxygen atoms in total. The van der Waals surface area contributed by atoms with Gasteiger partial charge in [0, 0.05) is 5.92 Å². The van der Waals surface area contributed by atoms with Crippen molar-refractivity contribution in [3.63, 3.8) is 0 Å². The molecule has 1 fully saturated rings. The molecule has 0 aliphatic heterocycles. The van der Waals surface area contributed by atoms with E-state index in [0.29, 0.717) is 5.41 Å². The Bertz CT molecular complexity index is 386. The summed E-state index contributed by atoms with van der Waals surface area (Å²) in [5.74, 6) is 0.256. The maximum atomic E-state index is 10.8. The van der Waals surface area contributed by atoms with Crippen molar-refractivity contribution in [2.75, 3.05) is 0 Å². The monoisotopic (exact) mass is 232 g/mol. The standard InChI is InChI=1S/C16H24O/c1-12-6-5-8-15(2,3)14(12)7-9-16(4)10-13(16)11-17/h7,9,11,13H,5-6,8,10H2,1-4H3/b9-7+/t13-,16+/m1/s1. The van der Waals surface area contributed by atoms with Crippen molar-refractivity contribution >= 4 is 6.29 Å². The third-order valence-electron chi connectivity index (χ3n) is 4.68. The molecule has 0 unspecified atom stereocenters. The van der Waals surface area contributed by atoms with Crippen LogP contribution in [0.15, 0.2) is 23.3 Å². The highest BCUT2D eigenvalue weighted by molar-refractivity contribution is 5.61. The summed E-state index contributed by atoms with van der Waals surface area (Å²) < 4.78 is 0. The van der Waals surface area contributed by atoms with Crippen LogP contribution < -0.4 is 0 Å². The maximum absolute atomic E-state index is 10.8. The second-order valence-corrected chi connectivity index (χ2v) is 6.72. The minimum absolute atomic E-state index is 0.141. The quantitative estimate of drug-likeness (QED) is 0.663. The topological polar surface area (TPSA) is 17.1 Å². The fraction of sp³-hybridized carbons (Fsp3) is 0.688. The second kappa shape index (κ2) is 4.12. The van der Waals surface area contributed by atoms with Gasteiger partial charge in [-0.25, -0.2) is 0 Å². The molecule has 0 spiro atoms. The Labute approximate surface area is 105 Å². The third kappa shape index (κ3) is 2.38. The average Bonchev–Trinajstić information content (AvgIpc) is 2.88. The highest BCUT2D eigenvalue weighted by atomic mass is 16.1. The zero-order valence-corrected chi connectivity index (χ0v) is 11.5. The Hall–Kier alpha value is -0.850. The summed E-state index contributed by atoms with van der Waals surface area (Å²) in [6.07, 6.45) is 10.5. The van der Waals surface area contributed by atoms with Gasteiger partial charge >= 0.3 is 0 Å². The first-order chi connectivity index (χ1) is 7.89. The minimum Gasteiger partial charge on any atom is -0.303 e. The Morgan fingerprint density at radius 2 is 2.00 bits per heavy atom. The predicted molar refractivity (Wildman–Crippen MR) is 71.8 cm³/mol. The molecule has 0 saturated heterocycles. The van der Waals surface area contributed by atoms with Gasteiger partial charge in [-0.15, -0.1) is 0 Å². The molecular weight excluding hydrogens is 208 g/mol. The molecule has 0 bridgehead atoms. The molecule has 17 heavy (non-hydrogen) atoms. The highest BCUT2D eigenvalue weighted by Crippen LogP contribution is 2.53. The van der Waals surface area contributed by atoms with E-state index in [-0.39, 0.29) is 11.3 Å². The largest absolute Gasteiger partial charge is 0.303 e. The molecule has 2 atom stereocenters. The molecule has 2 rings (SSSR count). The summed E-state index contributed by atoms with van der Waals surface area (Å²) >= 11 is 0. The molecule has 1 saturated carbocycles. The number of aldehydes is 1. The summed E-state index contributed by atoms with van der Waals surface area (Å²) in [6.45, 7) is 9.12. The van der Waals surface area contributed by atoms with Gasteiger partial charge in [-0.05, 0) is 49.0 Å². The molecule has 1 heteroatoms. The molecule has 0 aromatic rings. The van der Waals surface area contributed by atoms with Gasteiger partial charge < -0.3 is 4.79 Å². The molecule has 0 amide bonds. The van der Waals surface area contributed by atoms with Gasteiger partial charge in [-0.2, -0.15) is 0 Å². The second-order valence-electron chi connectivity index (χ2n) is 6.72. The van der Waals surface area contributed by atoms with Crippen molar-refractivity contribution in [2.45, 2.75) is 53.4 Å². The molecule has 0 heterocycles. The zero-order valence-electron chi connectivity index (χ0n) is 11.5. The lowest BCUT2D eigenvalue weighted by Gasteiger charge is -2.33. The van der Waals surface area contributed by atoms with Gasteiger partial charge in [0.1, 0.15) is 6.29 Å². The average molecular weight is 232 g/mol. The van der Waals surface area contributed by atoms with Gasteiger partial charge in [0.05, 0.1) is 0 Å². The number of allylic oxidation sites excluding steroid dienone is 4. The van der Waals surface area contributed by atoms with Crippen LogP contribution in [0.25, 0.3) is 0 Å². The predicted octanol–water partition coefficient (Wildman–Crippen LogP) is 4.29. The highest BCUT2D eigenvalue weighted by Gasteiger charge is 2.47. The third-order valence-corrected chi connectivity index (χ3v) is 4.68. The van der Waals surface area contributed by atoms with Crippen LogP contribution in [-0.2, 0) is 4.79 Å². The van der Waals surface area contributed by atoms with Crippen LogP contribution in [0.5, 0.6) is 0 Å². The van der Waals surface area contributed by atoms with Crippen LogP contribution in [0, 0.1) is 16.7 Å². The lowest BCUT2D eigenvalue weighted by molar-refractivity contribution is -0.109. The smallest absolute Gasteiger partial charge is 0.123 e. The Balaban J connectivity index is 2.17. The Kier molecular flexibility index (Phi) is 3.05. The lowest BCUT2D eigenvalue weighted by Crippen LogP contribution is -2.19. The summed E-state index contributed by atoms with van der Waals surface area (Å²) in [6, 6.07) is 0. The van der Waals surface area contributed by atoms with E-state index in [1.807, 2.05) is 0 Å². The number of rotatable bonds is 3. The SMILES string of the molecule is CC1=C(/C=C/[C@@]2(C)C[C@@H]2C=O)C(C)(C)CCC1. The van der Waals surface area contributed by atoms with Crippen LogP contribution >= 0.6 is 0 Å². The molecule has 94 valence electrons. The van der Waals surface area contributed by atoms with Crippen molar-refractivity contribution in [3.05, 3.63) is 23.3 Å². The first-order valence-corrected chi connectivity index (χ1v) is 6.74. The first kappa shape index (κ1) is 12.6. The minimum atomic E-state index is 0.141. The fourth-order valence-electron chi connectivity index (χ4n) is 3.09. The lowest BCUT2D eigenvalue weighted by atomic mass is 9.72. The van der Waals surface area contributed by atoms with Crippen LogP contribution in [0.4, 0.5) is 0 Å². The summed E-state index contributed by atoms with van der Waals surface area (Å²) in [5, 5.41) is 0. The van der Waals surface area contributed by atoms with E-state index in [2.05, 4.69) is 39.8 Å². The van der Waals surface area contributed by atoms with Gasteiger partial charge in [0.15, 0.2) is 0 Å². The molecule has 0 N–H and O–H groups in total. The Morgan fingerprint density at radius 1 is 1.29 bits per heavy atom. The maximum Gasteiger partial charge on any atom is 0.123 e. The van der Waals surface area contributed by atoms with E-state index < -0.39 is 0 Å². The van der Waals surface area contributed by atoms with E-state index in [4.69, 9.17) is 0 Å². The number of hydrogen-bond donors (Lipinski definition) is 0. The number of hydrogen-bond acceptors (Lipinski definition) is 1. The van der Waals surface area contributed by atoms with Crippen molar-refractivity contribution < 1.29 is 4.79 Å². The van der Waals surface area contributed by atoms with Crippen LogP contribution in [0.2, 0.25) is 0 Å². The van der Waals surface area contributed by atoms with Crippen LogP contribution in [0.3, 0.4) is 0 Å². The molecule has 2 aliphatic carbocycles. The van der Waals surface area contributed by atoms with E-state index in [1.165, 1.54) is 30.4 Å². The van der Waals surface area contributed by atoms with Crippen molar-refractivity contribution in [3.8, 4) is 0 Å². The molecule has 0 aromatic carbocycles. The Morgan fingerprint density at radius 3 is 2.53 bits per heavy atom. The van der Waals surface area contributed by atoms with Gasteiger partial charge in [-0.3, -0.25) is 0 Å². The van der Waals surface area contributed by atoms with Crippen molar-refractivity contribution in [1.82, 2.24) is 0 Å². The van der Waals surface area contributed by atoms with E-state index in [0.717, 1.165) is 12.7 Å². The molecule has 0 radical (unpaired) electrons. The fourth-order valence-corrected chi connectivity index (χ4v) is 3.09. The van der Waals surface area contributed by atoms with Crippen LogP contribution in [-0.4, -0.2) is 6.29 Å². The molecule has 2 aliphatic rings. The summed E-state index contributed by atoms with van der Waals surface area (Å²) in [5.41, 5.74) is 3.48. The molecule has 0 aromatic heterocycles. The summed E-state index contributed by atoms with van der Waals surface area (Å²) in [7, 11) is 0. The van der Waals surface area contributed by atoms with E-state index in [9.17, 15) is 4.79 Å². The summed E-state index contributed by atoms with van der Waals surface area (Å²) in [4.78, 5) is 10.8.